The Morgan fingerprint density at radius 2 is 2.27 bits per heavy atom. The molecular formula is C15H25N3O3S. The van der Waals surface area contributed by atoms with E-state index in [0.29, 0.717) is 19.0 Å². The van der Waals surface area contributed by atoms with E-state index in [1.54, 1.807) is 13.8 Å². The summed E-state index contributed by atoms with van der Waals surface area (Å²) >= 11 is 1.50. The Kier molecular flexibility index (Phi) is 7.34. The van der Waals surface area contributed by atoms with E-state index >= 15 is 0 Å². The zero-order valence-corrected chi connectivity index (χ0v) is 14.4. The van der Waals surface area contributed by atoms with Crippen LogP contribution in [0, 0.1) is 5.92 Å². The van der Waals surface area contributed by atoms with Gasteiger partial charge >= 0.3 is 5.97 Å². The average molecular weight is 327 g/mol. The number of hydrogen-bond donors (Lipinski definition) is 3. The van der Waals surface area contributed by atoms with Gasteiger partial charge in [0.05, 0.1) is 19.6 Å². The van der Waals surface area contributed by atoms with Crippen LogP contribution in [0.2, 0.25) is 0 Å². The molecule has 0 saturated carbocycles. The fraction of sp³-hybridized carbons (Fsp3) is 0.600. The van der Waals surface area contributed by atoms with Crippen molar-refractivity contribution in [3.8, 4) is 0 Å². The normalized spacial score (nSPS) is 15.8. The summed E-state index contributed by atoms with van der Waals surface area (Å²) in [7, 11) is 1.37. The Bertz CT molecular complexity index is 486. The lowest BCUT2D eigenvalue weighted by Gasteiger charge is -2.21. The van der Waals surface area contributed by atoms with Crippen molar-refractivity contribution < 1.29 is 14.6 Å². The Morgan fingerprint density at radius 1 is 1.55 bits per heavy atom. The van der Waals surface area contributed by atoms with Gasteiger partial charge in [0.15, 0.2) is 5.96 Å². The predicted octanol–water partition coefficient (Wildman–Crippen LogP) is 1.32. The summed E-state index contributed by atoms with van der Waals surface area (Å²) in [6, 6.07) is 3.79. The Morgan fingerprint density at radius 3 is 2.82 bits per heavy atom. The molecule has 0 radical (unpaired) electrons. The molecule has 22 heavy (non-hydrogen) atoms. The van der Waals surface area contributed by atoms with Gasteiger partial charge in [-0.3, -0.25) is 4.79 Å². The van der Waals surface area contributed by atoms with Crippen LogP contribution in [-0.4, -0.2) is 43.8 Å². The number of methoxy groups -OCH3 is 1. The van der Waals surface area contributed by atoms with Crippen molar-refractivity contribution in [3.63, 3.8) is 0 Å². The van der Waals surface area contributed by atoms with Crippen molar-refractivity contribution in [1.82, 2.24) is 10.6 Å². The smallest absolute Gasteiger partial charge is 0.310 e. The minimum atomic E-state index is -1.01. The highest BCUT2D eigenvalue weighted by atomic mass is 32.1. The minimum absolute atomic E-state index is 0.232. The molecule has 1 heterocycles. The van der Waals surface area contributed by atoms with E-state index < -0.39 is 5.60 Å². The van der Waals surface area contributed by atoms with Crippen LogP contribution in [0.1, 0.15) is 25.6 Å². The second kappa shape index (κ2) is 8.75. The van der Waals surface area contributed by atoms with Crippen LogP contribution in [0.5, 0.6) is 0 Å². The highest BCUT2D eigenvalue weighted by Crippen LogP contribution is 2.25. The topological polar surface area (TPSA) is 83.0 Å². The van der Waals surface area contributed by atoms with Gasteiger partial charge in [-0.15, -0.1) is 11.3 Å². The van der Waals surface area contributed by atoms with E-state index in [4.69, 9.17) is 0 Å². The Labute approximate surface area is 135 Å². The summed E-state index contributed by atoms with van der Waals surface area (Å²) in [6.45, 7) is 6.82. The van der Waals surface area contributed by atoms with Crippen LogP contribution in [-0.2, 0) is 15.1 Å². The molecule has 0 aliphatic rings. The van der Waals surface area contributed by atoms with E-state index in [1.807, 2.05) is 24.4 Å². The van der Waals surface area contributed by atoms with Gasteiger partial charge in [-0.2, -0.15) is 0 Å². The van der Waals surface area contributed by atoms with Crippen molar-refractivity contribution in [2.24, 2.45) is 10.9 Å². The molecule has 1 aromatic heterocycles. The molecule has 0 fully saturated rings. The molecule has 7 heteroatoms. The molecule has 3 N–H and O–H groups in total. The SMILES string of the molecule is CCNC(=NCC(C)(O)c1cccs1)NCC(C)C(=O)OC. The molecule has 2 atom stereocenters. The standard InChI is InChI=1S/C15H25N3O3S/c1-5-16-14(17-9-11(2)13(19)21-4)18-10-15(3,20)12-7-6-8-22-12/h6-8,11,20H,5,9-10H2,1-4H3,(H2,16,17,18). The molecule has 0 aliphatic heterocycles. The van der Waals surface area contributed by atoms with Gasteiger partial charge in [0.25, 0.3) is 0 Å². The number of aliphatic hydroxyl groups is 1. The molecule has 1 rings (SSSR count). The number of nitrogens with one attached hydrogen (secondary N) is 2. The van der Waals surface area contributed by atoms with E-state index in [0.717, 1.165) is 4.88 Å². The maximum absolute atomic E-state index is 11.4. The lowest BCUT2D eigenvalue weighted by molar-refractivity contribution is -0.144. The van der Waals surface area contributed by atoms with Crippen LogP contribution >= 0.6 is 11.3 Å². The molecular weight excluding hydrogens is 302 g/mol. The number of carbonyl (C=O) groups is 1. The van der Waals surface area contributed by atoms with Crippen LogP contribution in [0.15, 0.2) is 22.5 Å². The largest absolute Gasteiger partial charge is 0.469 e. The number of hydrogen-bond acceptors (Lipinski definition) is 5. The molecule has 0 amide bonds. The summed E-state index contributed by atoms with van der Waals surface area (Å²) in [5, 5.41) is 18.6. The third-order valence-electron chi connectivity index (χ3n) is 3.12. The molecule has 0 aromatic carbocycles. The number of nitrogens with zero attached hydrogens (tertiary/aromatic N) is 1. The highest BCUT2D eigenvalue weighted by Gasteiger charge is 2.24. The van der Waals surface area contributed by atoms with Crippen molar-refractivity contribution in [1.29, 1.82) is 0 Å². The second-order valence-corrected chi connectivity index (χ2v) is 6.20. The van der Waals surface area contributed by atoms with E-state index in [-0.39, 0.29) is 18.4 Å². The molecule has 6 nitrogen and oxygen atoms in total. The van der Waals surface area contributed by atoms with Crippen LogP contribution < -0.4 is 10.6 Å². The second-order valence-electron chi connectivity index (χ2n) is 5.25. The van der Waals surface area contributed by atoms with Crippen LogP contribution in [0.25, 0.3) is 0 Å². The van der Waals surface area contributed by atoms with Crippen molar-refractivity contribution in [2.75, 3.05) is 26.7 Å². The lowest BCUT2D eigenvalue weighted by Crippen LogP contribution is -2.41. The predicted molar refractivity (Wildman–Crippen MR) is 89.1 cm³/mol. The summed E-state index contributed by atoms with van der Waals surface area (Å²) in [6.07, 6.45) is 0. The maximum Gasteiger partial charge on any atom is 0.310 e. The first kappa shape index (κ1) is 18.4. The number of esters is 1. The average Bonchev–Trinajstić information content (AvgIpc) is 3.04. The molecule has 1 aromatic rings. The van der Waals surface area contributed by atoms with Gasteiger partial charge in [-0.05, 0) is 25.3 Å². The fourth-order valence-electron chi connectivity index (χ4n) is 1.77. The molecule has 124 valence electrons. The monoisotopic (exact) mass is 327 g/mol. The van der Waals surface area contributed by atoms with Crippen LogP contribution in [0.3, 0.4) is 0 Å². The first-order valence-corrected chi connectivity index (χ1v) is 8.15. The third kappa shape index (κ3) is 5.65. The molecule has 0 spiro atoms. The fourth-order valence-corrected chi connectivity index (χ4v) is 2.55. The molecule has 0 bridgehead atoms. The summed E-state index contributed by atoms with van der Waals surface area (Å²) in [5.41, 5.74) is -1.01. The number of aliphatic imine (C=N–C) groups is 1. The number of guanidine groups is 1. The van der Waals surface area contributed by atoms with E-state index in [2.05, 4.69) is 20.4 Å². The minimum Gasteiger partial charge on any atom is -0.469 e. The zero-order chi connectivity index (χ0) is 16.6. The van der Waals surface area contributed by atoms with Gasteiger partial charge in [-0.25, -0.2) is 4.99 Å². The third-order valence-corrected chi connectivity index (χ3v) is 4.24. The number of rotatable bonds is 7. The zero-order valence-electron chi connectivity index (χ0n) is 13.5. The number of carbonyl (C=O) groups excluding carboxylic acids is 1. The summed E-state index contributed by atoms with van der Waals surface area (Å²) < 4.78 is 4.69. The van der Waals surface area contributed by atoms with Crippen LogP contribution in [0.4, 0.5) is 0 Å². The number of thiophene rings is 1. The van der Waals surface area contributed by atoms with E-state index in [9.17, 15) is 9.90 Å². The first-order valence-electron chi connectivity index (χ1n) is 7.27. The summed E-state index contributed by atoms with van der Waals surface area (Å²) in [4.78, 5) is 16.7. The van der Waals surface area contributed by atoms with Gasteiger partial charge < -0.3 is 20.5 Å². The van der Waals surface area contributed by atoms with Crippen molar-refractivity contribution in [3.05, 3.63) is 22.4 Å². The van der Waals surface area contributed by atoms with E-state index in [1.165, 1.54) is 18.4 Å². The van der Waals surface area contributed by atoms with Gasteiger partial charge in [0, 0.05) is 18.0 Å². The lowest BCUT2D eigenvalue weighted by atomic mass is 10.1. The first-order chi connectivity index (χ1) is 10.4. The molecule has 2 unspecified atom stereocenters. The quantitative estimate of drug-likeness (QED) is 0.400. The number of ether oxygens (including phenoxy) is 1. The van der Waals surface area contributed by atoms with Gasteiger partial charge in [0.1, 0.15) is 5.60 Å². The molecule has 0 aliphatic carbocycles. The molecule has 0 saturated heterocycles. The maximum atomic E-state index is 11.4. The Balaban J connectivity index is 2.64. The van der Waals surface area contributed by atoms with Crippen molar-refractivity contribution in [2.45, 2.75) is 26.4 Å². The highest BCUT2D eigenvalue weighted by molar-refractivity contribution is 7.10. The Hall–Kier alpha value is -1.60. The van der Waals surface area contributed by atoms with Gasteiger partial charge in [-0.1, -0.05) is 13.0 Å². The summed E-state index contributed by atoms with van der Waals surface area (Å²) in [5.74, 6) is 0.0238. The van der Waals surface area contributed by atoms with Crippen molar-refractivity contribution >= 4 is 23.3 Å². The van der Waals surface area contributed by atoms with Gasteiger partial charge in [0.2, 0.25) is 0 Å².